The fraction of sp³-hybridized carbons (Fsp3) is 0.857. The molecule has 24 heavy (non-hydrogen) atoms. The Balaban J connectivity index is 1.70. The quantitative estimate of drug-likeness (QED) is 0.424. The van der Waals surface area contributed by atoms with Crippen LogP contribution < -0.4 is 0 Å². The van der Waals surface area contributed by atoms with Crippen LogP contribution in [0.3, 0.4) is 0 Å². The normalized spacial score (nSPS) is 49.6. The zero-order valence-electron chi connectivity index (χ0n) is 15.9. The van der Waals surface area contributed by atoms with Gasteiger partial charge >= 0.3 is 5.97 Å². The van der Waals surface area contributed by atoms with Gasteiger partial charge in [-0.2, -0.15) is 0 Å². The van der Waals surface area contributed by atoms with E-state index in [1.807, 2.05) is 0 Å². The second-order valence-electron chi connectivity index (χ2n) is 9.46. The molecule has 0 spiro atoms. The first kappa shape index (κ1) is 16.6. The number of ether oxygens (including phenoxy) is 2. The van der Waals surface area contributed by atoms with Crippen LogP contribution in [0.15, 0.2) is 11.6 Å². The predicted molar refractivity (Wildman–Crippen MR) is 93.4 cm³/mol. The Morgan fingerprint density at radius 2 is 2.04 bits per heavy atom. The molecule has 134 valence electrons. The van der Waals surface area contributed by atoms with Gasteiger partial charge in [-0.3, -0.25) is 4.79 Å². The highest BCUT2D eigenvalue weighted by Gasteiger charge is 2.67. The summed E-state index contributed by atoms with van der Waals surface area (Å²) in [5.74, 6) is 1.55. The van der Waals surface area contributed by atoms with Crippen molar-refractivity contribution in [3.05, 3.63) is 11.6 Å². The highest BCUT2D eigenvalue weighted by molar-refractivity contribution is 5.77. The van der Waals surface area contributed by atoms with E-state index < -0.39 is 0 Å². The van der Waals surface area contributed by atoms with Crippen LogP contribution in [-0.4, -0.2) is 24.8 Å². The number of epoxide rings is 1. The van der Waals surface area contributed by atoms with E-state index in [1.54, 1.807) is 12.7 Å². The molecule has 0 amide bonds. The van der Waals surface area contributed by atoms with E-state index >= 15 is 0 Å². The Morgan fingerprint density at radius 3 is 2.71 bits per heavy atom. The number of hydrogen-bond acceptors (Lipinski definition) is 3. The van der Waals surface area contributed by atoms with Crippen LogP contribution in [0.25, 0.3) is 0 Å². The molecule has 1 aliphatic heterocycles. The molecule has 0 bridgehead atoms. The van der Waals surface area contributed by atoms with Crippen molar-refractivity contribution in [2.75, 3.05) is 7.11 Å². The van der Waals surface area contributed by atoms with Gasteiger partial charge in [0.05, 0.1) is 12.5 Å². The Morgan fingerprint density at radius 1 is 1.29 bits per heavy atom. The van der Waals surface area contributed by atoms with Crippen LogP contribution in [0.5, 0.6) is 0 Å². The highest BCUT2D eigenvalue weighted by Crippen LogP contribution is 2.67. The zero-order valence-corrected chi connectivity index (χ0v) is 15.9. The summed E-state index contributed by atoms with van der Waals surface area (Å²) in [6.45, 7) is 9.18. The molecule has 0 aromatic carbocycles. The van der Waals surface area contributed by atoms with Crippen molar-refractivity contribution in [1.82, 2.24) is 0 Å². The smallest absolute Gasteiger partial charge is 0.311 e. The number of rotatable bonds is 2. The molecule has 2 saturated carbocycles. The first-order chi connectivity index (χ1) is 11.3. The van der Waals surface area contributed by atoms with E-state index in [4.69, 9.17) is 9.47 Å². The largest absolute Gasteiger partial charge is 0.469 e. The van der Waals surface area contributed by atoms with E-state index in [0.29, 0.717) is 23.9 Å². The van der Waals surface area contributed by atoms with Gasteiger partial charge in [-0.15, -0.1) is 0 Å². The predicted octanol–water partition coefficient (Wildman–Crippen LogP) is 4.51. The molecular weight excluding hydrogens is 300 g/mol. The second kappa shape index (κ2) is 5.09. The monoisotopic (exact) mass is 332 g/mol. The lowest BCUT2D eigenvalue weighted by Gasteiger charge is -2.57. The van der Waals surface area contributed by atoms with Crippen molar-refractivity contribution < 1.29 is 14.3 Å². The molecule has 0 aromatic rings. The second-order valence-corrected chi connectivity index (χ2v) is 9.46. The molecule has 3 nitrogen and oxygen atoms in total. The molecule has 3 heteroatoms. The third kappa shape index (κ3) is 1.91. The van der Waals surface area contributed by atoms with Gasteiger partial charge in [-0.25, -0.2) is 0 Å². The maximum atomic E-state index is 12.6. The van der Waals surface area contributed by atoms with Gasteiger partial charge < -0.3 is 9.47 Å². The summed E-state index contributed by atoms with van der Waals surface area (Å²) in [5.41, 5.74) is 1.55. The summed E-state index contributed by atoms with van der Waals surface area (Å²) in [5, 5.41) is 0. The summed E-state index contributed by atoms with van der Waals surface area (Å²) in [7, 11) is 1.54. The Hall–Kier alpha value is -0.830. The Labute approximate surface area is 146 Å². The minimum atomic E-state index is -0.333. The molecule has 0 aromatic heterocycles. The molecule has 0 radical (unpaired) electrons. The summed E-state index contributed by atoms with van der Waals surface area (Å²) >= 11 is 0. The van der Waals surface area contributed by atoms with E-state index in [2.05, 4.69) is 33.8 Å². The summed E-state index contributed by atoms with van der Waals surface area (Å²) in [4.78, 5) is 12.6. The average Bonchev–Trinajstić information content (AvgIpc) is 3.30. The van der Waals surface area contributed by atoms with Crippen LogP contribution in [0.2, 0.25) is 0 Å². The minimum Gasteiger partial charge on any atom is -0.469 e. The number of hydrogen-bond donors (Lipinski definition) is 0. The maximum absolute atomic E-state index is 12.6. The minimum absolute atomic E-state index is 0.00900. The van der Waals surface area contributed by atoms with Crippen molar-refractivity contribution in [3.63, 3.8) is 0 Å². The highest BCUT2D eigenvalue weighted by atomic mass is 16.6. The third-order valence-electron chi connectivity index (χ3n) is 8.24. The SMILES string of the molecule is COC(=O)[C@]1(C)CCC[C@@]2(C)[C@H]1CC=C1[C@H]3O[C@@]3(C(C)C)CC[C@@H]12. The third-order valence-corrected chi connectivity index (χ3v) is 8.24. The molecule has 3 fully saturated rings. The lowest BCUT2D eigenvalue weighted by molar-refractivity contribution is -0.166. The van der Waals surface area contributed by atoms with Gasteiger partial charge in [0, 0.05) is 0 Å². The van der Waals surface area contributed by atoms with Gasteiger partial charge in [-0.1, -0.05) is 33.3 Å². The van der Waals surface area contributed by atoms with Crippen LogP contribution >= 0.6 is 0 Å². The fourth-order valence-electron chi connectivity index (χ4n) is 6.72. The van der Waals surface area contributed by atoms with Gasteiger partial charge in [0.25, 0.3) is 0 Å². The van der Waals surface area contributed by atoms with E-state index in [1.165, 1.54) is 19.3 Å². The summed E-state index contributed by atoms with van der Waals surface area (Å²) in [6.07, 6.45) is 9.50. The molecule has 1 heterocycles. The van der Waals surface area contributed by atoms with Crippen LogP contribution in [0, 0.1) is 28.6 Å². The van der Waals surface area contributed by atoms with E-state index in [9.17, 15) is 4.79 Å². The first-order valence-electron chi connectivity index (χ1n) is 9.76. The van der Waals surface area contributed by atoms with Crippen molar-refractivity contribution in [2.24, 2.45) is 28.6 Å². The van der Waals surface area contributed by atoms with Crippen LogP contribution in [0.1, 0.15) is 66.2 Å². The topological polar surface area (TPSA) is 38.8 Å². The van der Waals surface area contributed by atoms with Gasteiger partial charge in [0.1, 0.15) is 11.7 Å². The molecular formula is C21H32O3. The van der Waals surface area contributed by atoms with Crippen molar-refractivity contribution in [2.45, 2.75) is 77.9 Å². The van der Waals surface area contributed by atoms with Crippen LogP contribution in [-0.2, 0) is 14.3 Å². The van der Waals surface area contributed by atoms with Gasteiger partial charge in [-0.05, 0) is 67.8 Å². The first-order valence-corrected chi connectivity index (χ1v) is 9.76. The van der Waals surface area contributed by atoms with Crippen molar-refractivity contribution >= 4 is 5.97 Å². The number of esters is 1. The number of carbonyl (C=O) groups is 1. The average molecular weight is 332 g/mol. The van der Waals surface area contributed by atoms with Crippen molar-refractivity contribution in [3.8, 4) is 0 Å². The molecule has 6 atom stereocenters. The molecule has 4 aliphatic rings. The molecule has 0 unspecified atom stereocenters. The van der Waals surface area contributed by atoms with Gasteiger partial charge in [0.2, 0.25) is 0 Å². The fourth-order valence-corrected chi connectivity index (χ4v) is 6.72. The van der Waals surface area contributed by atoms with Crippen LogP contribution in [0.4, 0.5) is 0 Å². The molecule has 4 rings (SSSR count). The molecule has 0 N–H and O–H groups in total. The van der Waals surface area contributed by atoms with Crippen molar-refractivity contribution in [1.29, 1.82) is 0 Å². The van der Waals surface area contributed by atoms with E-state index in [0.717, 1.165) is 19.3 Å². The lowest BCUT2D eigenvalue weighted by atomic mass is 9.46. The molecule has 1 saturated heterocycles. The maximum Gasteiger partial charge on any atom is 0.311 e. The number of allylic oxidation sites excluding steroid dienone is 1. The summed E-state index contributed by atoms with van der Waals surface area (Å²) < 4.78 is 11.5. The number of methoxy groups -OCH3 is 1. The summed E-state index contributed by atoms with van der Waals surface area (Å²) in [6, 6.07) is 0. The Kier molecular flexibility index (Phi) is 3.53. The zero-order chi connectivity index (χ0) is 17.3. The van der Waals surface area contributed by atoms with E-state index in [-0.39, 0.29) is 22.4 Å². The van der Waals surface area contributed by atoms with Gasteiger partial charge in [0.15, 0.2) is 0 Å². The Bertz CT molecular complexity index is 594. The number of fused-ring (bicyclic) bond motifs is 5. The lowest BCUT2D eigenvalue weighted by Crippen LogP contribution is -2.54. The standard InChI is InChI=1S/C21H32O3/c1-13(2)21-12-9-15-14(17(21)24-21)7-8-16-19(15,3)10-6-11-20(16,4)18(22)23-5/h7,13,15-17H,6,8-12H2,1-5H3/t15-,16+,17+,19+,20+,21+/m0/s1. The molecule has 3 aliphatic carbocycles. The number of carbonyl (C=O) groups excluding carboxylic acids is 1.